The molecule has 0 saturated carbocycles. The Morgan fingerprint density at radius 2 is 1.85 bits per heavy atom. The lowest BCUT2D eigenvalue weighted by atomic mass is 10.0. The van der Waals surface area contributed by atoms with Crippen molar-refractivity contribution >= 4 is 8.96 Å². The highest BCUT2D eigenvalue weighted by Gasteiger charge is 2.19. The van der Waals surface area contributed by atoms with Crippen LogP contribution in [0.5, 0.6) is 0 Å². The van der Waals surface area contributed by atoms with Gasteiger partial charge in [-0.3, -0.25) is 4.67 Å². The van der Waals surface area contributed by atoms with Gasteiger partial charge in [-0.15, -0.1) is 0 Å². The van der Waals surface area contributed by atoms with E-state index in [0.29, 0.717) is 27.6 Å². The maximum Gasteiger partial charge on any atom is 0.0899 e. The van der Waals surface area contributed by atoms with E-state index in [0.717, 1.165) is 6.42 Å². The summed E-state index contributed by atoms with van der Waals surface area (Å²) in [7, 11) is 0.334. The molecular weight excluding hydrogens is 267 g/mol. The van der Waals surface area contributed by atoms with Gasteiger partial charge in [-0.1, -0.05) is 30.3 Å². The van der Waals surface area contributed by atoms with Gasteiger partial charge in [0.1, 0.15) is 0 Å². The Bertz CT molecular complexity index is 416. The van der Waals surface area contributed by atoms with Crippen LogP contribution in [-0.4, -0.2) is 16.8 Å². The van der Waals surface area contributed by atoms with Crippen LogP contribution in [0, 0.1) is 17.2 Å². The van der Waals surface area contributed by atoms with Crippen molar-refractivity contribution in [2.24, 2.45) is 5.92 Å². The minimum Gasteiger partial charge on any atom is -0.342 e. The molecule has 0 aromatic heterocycles. The first-order chi connectivity index (χ1) is 9.54. The molecule has 4 heteroatoms. The zero-order chi connectivity index (χ0) is 15.0. The molecule has 3 atom stereocenters. The highest BCUT2D eigenvalue weighted by Crippen LogP contribution is 2.29. The lowest BCUT2D eigenvalue weighted by Crippen LogP contribution is -2.33. The largest absolute Gasteiger partial charge is 0.342 e. The third-order valence-electron chi connectivity index (χ3n) is 3.20. The second-order valence-electron chi connectivity index (χ2n) is 5.48. The minimum atomic E-state index is 0.0881. The van der Waals surface area contributed by atoms with Gasteiger partial charge in [0.2, 0.25) is 0 Å². The van der Waals surface area contributed by atoms with Crippen LogP contribution < -0.4 is 0 Å². The molecule has 0 N–H and O–H groups in total. The number of hydrogen-bond acceptors (Lipinski definition) is 3. The Labute approximate surface area is 124 Å². The Morgan fingerprint density at radius 1 is 1.20 bits per heavy atom. The second kappa shape index (κ2) is 9.08. The van der Waals surface area contributed by atoms with E-state index in [2.05, 4.69) is 43.6 Å². The van der Waals surface area contributed by atoms with E-state index in [-0.39, 0.29) is 5.92 Å². The van der Waals surface area contributed by atoms with Crippen molar-refractivity contribution in [2.75, 3.05) is 0 Å². The number of hydrogen-bond donors (Lipinski definition) is 0. The highest BCUT2D eigenvalue weighted by molar-refractivity contribution is 7.29. The summed E-state index contributed by atoms with van der Waals surface area (Å²) in [5, 5.41) is 8.93. The molecule has 20 heavy (non-hydrogen) atoms. The molecule has 0 aliphatic carbocycles. The first-order valence-corrected chi connectivity index (χ1v) is 7.99. The number of benzene rings is 1. The van der Waals surface area contributed by atoms with Gasteiger partial charge < -0.3 is 4.52 Å². The van der Waals surface area contributed by atoms with Crippen LogP contribution in [-0.2, 0) is 11.1 Å². The summed E-state index contributed by atoms with van der Waals surface area (Å²) >= 11 is 0. The van der Waals surface area contributed by atoms with Gasteiger partial charge in [0, 0.05) is 18.0 Å². The Hall–Kier alpha value is -0.940. The average Bonchev–Trinajstić information content (AvgIpc) is 2.43. The van der Waals surface area contributed by atoms with Crippen LogP contribution in [0.3, 0.4) is 0 Å². The fourth-order valence-corrected chi connectivity index (χ4v) is 3.02. The van der Waals surface area contributed by atoms with Gasteiger partial charge in [0.15, 0.2) is 0 Å². The molecule has 0 aliphatic rings. The van der Waals surface area contributed by atoms with Crippen molar-refractivity contribution in [3.63, 3.8) is 0 Å². The Balaban J connectivity index is 2.45. The van der Waals surface area contributed by atoms with Crippen LogP contribution in [0.15, 0.2) is 30.3 Å². The van der Waals surface area contributed by atoms with E-state index in [9.17, 15) is 0 Å². The van der Waals surface area contributed by atoms with Gasteiger partial charge in [0.25, 0.3) is 0 Å². The summed E-state index contributed by atoms with van der Waals surface area (Å²) in [5.41, 5.74) is 1.20. The van der Waals surface area contributed by atoms with Crippen molar-refractivity contribution < 1.29 is 4.52 Å². The van der Waals surface area contributed by atoms with E-state index in [1.807, 2.05) is 25.1 Å². The van der Waals surface area contributed by atoms with Crippen molar-refractivity contribution in [1.29, 1.82) is 5.26 Å². The molecular formula is C16H25N2OP. The van der Waals surface area contributed by atoms with Crippen LogP contribution >= 0.6 is 8.96 Å². The normalized spacial score (nSPS) is 14.8. The molecule has 1 aromatic rings. The van der Waals surface area contributed by atoms with Crippen molar-refractivity contribution in [1.82, 2.24) is 4.67 Å². The van der Waals surface area contributed by atoms with Gasteiger partial charge in [-0.05, 0) is 39.7 Å². The number of rotatable bonds is 8. The SMILES string of the molecule is CC(C#N)CC(C)N(POCc1ccccc1)C(C)C. The van der Waals surface area contributed by atoms with Crippen LogP contribution in [0.1, 0.15) is 39.7 Å². The Kier molecular flexibility index (Phi) is 7.77. The standard InChI is InChI=1S/C16H25N2OP/c1-13(2)18(15(4)10-14(3)11-17)20-19-12-16-8-6-5-7-9-16/h5-9,13-15,20H,10,12H2,1-4H3. The van der Waals surface area contributed by atoms with E-state index >= 15 is 0 Å². The topological polar surface area (TPSA) is 36.3 Å². The first kappa shape index (κ1) is 17.1. The first-order valence-electron chi connectivity index (χ1n) is 7.14. The third kappa shape index (κ3) is 6.01. The summed E-state index contributed by atoms with van der Waals surface area (Å²) in [6.45, 7) is 9.14. The summed E-state index contributed by atoms with van der Waals surface area (Å²) in [6.07, 6.45) is 0.885. The maximum atomic E-state index is 8.93. The zero-order valence-electron chi connectivity index (χ0n) is 12.8. The van der Waals surface area contributed by atoms with E-state index in [4.69, 9.17) is 9.79 Å². The smallest absolute Gasteiger partial charge is 0.0899 e. The predicted octanol–water partition coefficient (Wildman–Crippen LogP) is 4.36. The van der Waals surface area contributed by atoms with Crippen LogP contribution in [0.2, 0.25) is 0 Å². The molecule has 3 unspecified atom stereocenters. The quantitative estimate of drug-likeness (QED) is 0.668. The van der Waals surface area contributed by atoms with Crippen LogP contribution in [0.4, 0.5) is 0 Å². The van der Waals surface area contributed by atoms with Gasteiger partial charge in [-0.25, -0.2) is 0 Å². The zero-order valence-corrected chi connectivity index (χ0v) is 13.8. The minimum absolute atomic E-state index is 0.0881. The van der Waals surface area contributed by atoms with Gasteiger partial charge in [-0.2, -0.15) is 5.26 Å². The van der Waals surface area contributed by atoms with Crippen molar-refractivity contribution in [3.8, 4) is 6.07 Å². The average molecular weight is 292 g/mol. The lowest BCUT2D eigenvalue weighted by Gasteiger charge is -2.32. The van der Waals surface area contributed by atoms with Crippen molar-refractivity contribution in [2.45, 2.75) is 52.8 Å². The van der Waals surface area contributed by atoms with E-state index in [1.165, 1.54) is 5.56 Å². The highest BCUT2D eigenvalue weighted by atomic mass is 31.1. The molecule has 0 radical (unpaired) electrons. The summed E-state index contributed by atoms with van der Waals surface area (Å²) in [6, 6.07) is 13.3. The molecule has 0 spiro atoms. The molecule has 0 fully saturated rings. The predicted molar refractivity (Wildman–Crippen MR) is 85.4 cm³/mol. The third-order valence-corrected chi connectivity index (χ3v) is 4.64. The van der Waals surface area contributed by atoms with E-state index < -0.39 is 0 Å². The fraction of sp³-hybridized carbons (Fsp3) is 0.562. The number of nitriles is 1. The fourth-order valence-electron chi connectivity index (χ4n) is 2.15. The van der Waals surface area contributed by atoms with Crippen molar-refractivity contribution in [3.05, 3.63) is 35.9 Å². The number of nitrogens with zero attached hydrogens (tertiary/aromatic N) is 2. The molecule has 1 rings (SSSR count). The van der Waals surface area contributed by atoms with Gasteiger partial charge >= 0.3 is 0 Å². The molecule has 0 heterocycles. The van der Waals surface area contributed by atoms with E-state index in [1.54, 1.807) is 0 Å². The summed E-state index contributed by atoms with van der Waals surface area (Å²) in [4.78, 5) is 0. The summed E-state index contributed by atoms with van der Waals surface area (Å²) < 4.78 is 8.18. The molecule has 0 amide bonds. The van der Waals surface area contributed by atoms with Crippen LogP contribution in [0.25, 0.3) is 0 Å². The molecule has 0 saturated heterocycles. The monoisotopic (exact) mass is 292 g/mol. The molecule has 1 aromatic carbocycles. The maximum absolute atomic E-state index is 8.93. The summed E-state index contributed by atoms with van der Waals surface area (Å²) in [5.74, 6) is 0.0881. The molecule has 0 bridgehead atoms. The molecule has 0 aliphatic heterocycles. The second-order valence-corrected chi connectivity index (χ2v) is 6.47. The lowest BCUT2D eigenvalue weighted by molar-refractivity contribution is 0.237. The van der Waals surface area contributed by atoms with Gasteiger partial charge in [0.05, 0.1) is 21.6 Å². The molecule has 110 valence electrons. The molecule has 3 nitrogen and oxygen atoms in total. The Morgan fingerprint density at radius 3 is 2.40 bits per heavy atom.